The number of methoxy groups -OCH3 is 1. The number of imidazole rings is 1. The van der Waals surface area contributed by atoms with Crippen LogP contribution in [0.5, 0.6) is 0 Å². The first kappa shape index (κ1) is 34.9. The lowest BCUT2D eigenvalue weighted by atomic mass is 10.1. The van der Waals surface area contributed by atoms with Crippen molar-refractivity contribution in [3.05, 3.63) is 45.8 Å². The molecule has 47 heavy (non-hydrogen) atoms. The number of nitrogens with zero attached hydrogens (tertiary/aromatic N) is 5. The molecule has 5 rings (SSSR count). The maximum Gasteiger partial charge on any atom is 0.509 e. The summed E-state index contributed by atoms with van der Waals surface area (Å²) in [4.78, 5) is 50.5. The van der Waals surface area contributed by atoms with E-state index in [1.165, 1.54) is 26.0 Å². The van der Waals surface area contributed by atoms with Crippen LogP contribution in [0, 0.1) is 0 Å². The monoisotopic (exact) mass is 703 g/mol. The fraction of sp³-hybridized carbons (Fsp3) is 0.600. The summed E-state index contributed by atoms with van der Waals surface area (Å²) in [6.45, 7) is -2.26. The average molecular weight is 704 g/mol. The smallest absolute Gasteiger partial charge is 0.432 e. The Hall–Kier alpha value is -3.40. The molecule has 3 aromatic rings. The topological polar surface area (TPSA) is 264 Å². The number of carbonyl (C=O) groups is 1. The van der Waals surface area contributed by atoms with Gasteiger partial charge in [-0.25, -0.2) is 29.1 Å². The number of aromatic amines is 1. The highest BCUT2D eigenvalue weighted by atomic mass is 32.7. The van der Waals surface area contributed by atoms with Crippen molar-refractivity contribution >= 4 is 41.3 Å². The van der Waals surface area contributed by atoms with E-state index >= 15 is 0 Å². The molecule has 5 heterocycles. The van der Waals surface area contributed by atoms with Crippen LogP contribution in [-0.2, 0) is 37.3 Å². The average Bonchev–Trinajstić information content (AvgIpc) is 3.71. The van der Waals surface area contributed by atoms with Crippen LogP contribution in [0.2, 0.25) is 0 Å². The van der Waals surface area contributed by atoms with Crippen molar-refractivity contribution in [2.45, 2.75) is 69.3 Å². The van der Waals surface area contributed by atoms with Gasteiger partial charge in [-0.15, -0.1) is 0 Å². The number of hydrogen-bond donors (Lipinski definition) is 4. The van der Waals surface area contributed by atoms with Crippen LogP contribution in [0.4, 0.5) is 10.6 Å². The Morgan fingerprint density at radius 1 is 1.21 bits per heavy atom. The third-order valence-electron chi connectivity index (χ3n) is 7.13. The van der Waals surface area contributed by atoms with Crippen LogP contribution in [0.3, 0.4) is 0 Å². The summed E-state index contributed by atoms with van der Waals surface area (Å²) in [7, 11) is 1.28. The van der Waals surface area contributed by atoms with Crippen LogP contribution in [0.1, 0.15) is 32.7 Å². The zero-order chi connectivity index (χ0) is 33.9. The molecule has 5 N–H and O–H groups in total. The van der Waals surface area contributed by atoms with Crippen LogP contribution >= 0.6 is 18.2 Å². The first-order valence-electron chi connectivity index (χ1n) is 14.2. The van der Waals surface area contributed by atoms with Gasteiger partial charge < -0.3 is 39.6 Å². The van der Waals surface area contributed by atoms with Gasteiger partial charge in [-0.05, 0) is 13.8 Å². The van der Waals surface area contributed by atoms with Gasteiger partial charge in [0, 0.05) is 37.2 Å². The number of aromatic nitrogens is 6. The van der Waals surface area contributed by atoms with Gasteiger partial charge >= 0.3 is 18.6 Å². The number of rotatable bonds is 13. The summed E-state index contributed by atoms with van der Waals surface area (Å²) in [6, 6.07) is 1.09. The normalized spacial score (nSPS) is 27.3. The minimum Gasteiger partial charge on any atom is -0.432 e. The van der Waals surface area contributed by atoms with Crippen LogP contribution < -0.4 is 17.0 Å². The van der Waals surface area contributed by atoms with Gasteiger partial charge in [0.15, 0.2) is 23.6 Å². The third kappa shape index (κ3) is 7.85. The molecule has 0 radical (unpaired) electrons. The summed E-state index contributed by atoms with van der Waals surface area (Å²) in [5, 5.41) is 20.9. The van der Waals surface area contributed by atoms with Crippen molar-refractivity contribution < 1.29 is 52.3 Å². The standard InChI is InChI=1S/C25H34N7O13PS/c1-12(2)42-25(37)40-11-47-46(38,45-19-14(7-33)44-23(20(19)39-3)31-5-4-16(35)30-24(31)36)41-8-15-13(34)6-17(43-15)32-10-29-18-21(26)27-9-28-22(18)32/h4-5,9-10,12-15,17,19-20,23,33-34H,6-8,11H2,1-3H3,(H2,26,27,28)(H,30,35,36)/t13?,14-,15-,17-,19?,20?,23-,46+/m1/s1. The van der Waals surface area contributed by atoms with E-state index in [1.54, 1.807) is 18.4 Å². The summed E-state index contributed by atoms with van der Waals surface area (Å²) in [5.41, 5.74) is 5.13. The molecule has 0 aliphatic carbocycles. The van der Waals surface area contributed by atoms with Gasteiger partial charge in [-0.1, -0.05) is 0 Å². The lowest BCUT2D eigenvalue weighted by Gasteiger charge is -2.28. The van der Waals surface area contributed by atoms with Gasteiger partial charge in [0.05, 0.1) is 31.7 Å². The Bertz CT molecular complexity index is 1720. The lowest BCUT2D eigenvalue weighted by molar-refractivity contribution is -0.0625. The molecule has 0 spiro atoms. The second-order valence-corrected chi connectivity index (χ2v) is 14.6. The summed E-state index contributed by atoms with van der Waals surface area (Å²) in [5.74, 6) is -0.375. The van der Waals surface area contributed by atoms with Gasteiger partial charge in [0.25, 0.3) is 5.56 Å². The minimum atomic E-state index is -4.38. The number of carbonyl (C=O) groups excluding carboxylic acids is 1. The van der Waals surface area contributed by atoms with Gasteiger partial charge in [-0.3, -0.25) is 28.0 Å². The number of nitrogens with one attached hydrogen (secondary N) is 1. The summed E-state index contributed by atoms with van der Waals surface area (Å²) in [6.07, 6.45) is -5.23. The number of aliphatic hydroxyl groups excluding tert-OH is 2. The van der Waals surface area contributed by atoms with Crippen molar-refractivity contribution in [3.63, 3.8) is 0 Å². The van der Waals surface area contributed by atoms with Crippen molar-refractivity contribution in [2.24, 2.45) is 0 Å². The second kappa shape index (κ2) is 14.8. The zero-order valence-corrected chi connectivity index (χ0v) is 27.0. The molecule has 2 saturated heterocycles. The molecule has 0 saturated carbocycles. The van der Waals surface area contributed by atoms with Crippen LogP contribution in [-0.4, -0.2) is 108 Å². The Labute approximate surface area is 269 Å². The highest BCUT2D eigenvalue weighted by Gasteiger charge is 2.51. The molecule has 0 bridgehead atoms. The molecule has 258 valence electrons. The number of nitrogens with two attached hydrogens (primary N) is 1. The molecule has 2 aliphatic rings. The number of aliphatic hydroxyl groups is 2. The predicted octanol–water partition coefficient (Wildman–Crippen LogP) is 0.274. The minimum absolute atomic E-state index is 0.0935. The van der Waals surface area contributed by atoms with Gasteiger partial charge in [0.1, 0.15) is 42.5 Å². The highest BCUT2D eigenvalue weighted by Crippen LogP contribution is 2.63. The van der Waals surface area contributed by atoms with Crippen LogP contribution in [0.15, 0.2) is 34.5 Å². The van der Waals surface area contributed by atoms with Crippen LogP contribution in [0.25, 0.3) is 11.2 Å². The quantitative estimate of drug-likeness (QED) is 0.106. The highest BCUT2D eigenvalue weighted by molar-refractivity contribution is 8.55. The fourth-order valence-corrected chi connectivity index (χ4v) is 7.77. The zero-order valence-electron chi connectivity index (χ0n) is 25.3. The fourth-order valence-electron chi connectivity index (χ4n) is 4.98. The molecule has 0 amide bonds. The van der Waals surface area contributed by atoms with Crippen molar-refractivity contribution in [3.8, 4) is 0 Å². The van der Waals surface area contributed by atoms with E-state index in [0.29, 0.717) is 22.5 Å². The number of ether oxygens (including phenoxy) is 5. The first-order chi connectivity index (χ1) is 22.4. The molecule has 8 atom stereocenters. The van der Waals surface area contributed by atoms with Gasteiger partial charge in [-0.2, -0.15) is 0 Å². The molecule has 20 nitrogen and oxygen atoms in total. The van der Waals surface area contributed by atoms with Crippen molar-refractivity contribution in [1.29, 1.82) is 0 Å². The van der Waals surface area contributed by atoms with Gasteiger partial charge in [0.2, 0.25) is 0 Å². The lowest BCUT2D eigenvalue weighted by Crippen LogP contribution is -2.39. The molecular formula is C25H34N7O13PS. The predicted molar refractivity (Wildman–Crippen MR) is 161 cm³/mol. The summed E-state index contributed by atoms with van der Waals surface area (Å²) < 4.78 is 55.8. The molecule has 0 aromatic carbocycles. The maximum absolute atomic E-state index is 14.2. The number of nitrogen functional groups attached to an aromatic ring is 1. The molecule has 2 aliphatic heterocycles. The maximum atomic E-state index is 14.2. The van der Waals surface area contributed by atoms with E-state index in [4.69, 9.17) is 38.5 Å². The van der Waals surface area contributed by atoms with E-state index < -0.39 is 92.4 Å². The SMILES string of the molecule is COC1C(O[P@](=O)(OC[C@H]2O[C@@H](n3cnc4c(N)ncnc43)CC2O)SCOC(=O)OC(C)C)[C@@H](CO)O[C@H]1n1ccc(=O)[nH]c1=O. The molecule has 2 fully saturated rings. The first-order valence-corrected chi connectivity index (χ1v) is 17.3. The molecule has 22 heteroatoms. The van der Waals surface area contributed by atoms with E-state index in [2.05, 4.69) is 19.9 Å². The van der Waals surface area contributed by atoms with E-state index in [1.807, 2.05) is 0 Å². The second-order valence-electron chi connectivity index (χ2n) is 10.6. The third-order valence-corrected chi connectivity index (χ3v) is 10.5. The Balaban J connectivity index is 1.34. The van der Waals surface area contributed by atoms with E-state index in [9.17, 15) is 29.2 Å². The molecular weight excluding hydrogens is 669 g/mol. The van der Waals surface area contributed by atoms with E-state index in [-0.39, 0.29) is 12.2 Å². The summed E-state index contributed by atoms with van der Waals surface area (Å²) >= 11 is 0.476. The Kier molecular flexibility index (Phi) is 11.0. The number of H-pyrrole nitrogens is 1. The number of anilines is 1. The molecule has 3 aromatic heterocycles. The largest absolute Gasteiger partial charge is 0.509 e. The Morgan fingerprint density at radius 2 is 2.00 bits per heavy atom. The van der Waals surface area contributed by atoms with Crippen molar-refractivity contribution in [2.75, 3.05) is 32.0 Å². The van der Waals surface area contributed by atoms with Crippen molar-refractivity contribution in [1.82, 2.24) is 29.1 Å². The number of hydrogen-bond acceptors (Lipinski definition) is 18. The van der Waals surface area contributed by atoms with E-state index in [0.717, 1.165) is 10.6 Å². The Morgan fingerprint density at radius 3 is 2.70 bits per heavy atom. The number of fused-ring (bicyclic) bond motifs is 1. The molecule has 3 unspecified atom stereocenters.